The van der Waals surface area contributed by atoms with Gasteiger partial charge < -0.3 is 11.5 Å². The quantitative estimate of drug-likeness (QED) is 0.857. The molecule has 2 aromatic rings. The minimum atomic E-state index is -0.240. The van der Waals surface area contributed by atoms with Crippen LogP contribution in [0.25, 0.3) is 0 Å². The van der Waals surface area contributed by atoms with Gasteiger partial charge in [-0.25, -0.2) is 9.37 Å². The van der Waals surface area contributed by atoms with E-state index in [1.807, 2.05) is 6.92 Å². The molecule has 20 heavy (non-hydrogen) atoms. The first kappa shape index (κ1) is 15.0. The molecule has 2 atom stereocenters. The van der Waals surface area contributed by atoms with Crippen LogP contribution in [0.5, 0.6) is 0 Å². The SMILES string of the molecule is CCC(N)C[C@@H](N)c1nc(Cc2ccc(F)cc2)ns1. The van der Waals surface area contributed by atoms with Crippen molar-refractivity contribution >= 4 is 11.5 Å². The highest BCUT2D eigenvalue weighted by molar-refractivity contribution is 7.05. The predicted octanol–water partition coefficient (Wildman–Crippen LogP) is 2.40. The Bertz CT molecular complexity index is 540. The van der Waals surface area contributed by atoms with E-state index in [0.717, 1.165) is 22.8 Å². The lowest BCUT2D eigenvalue weighted by molar-refractivity contribution is 0.523. The minimum Gasteiger partial charge on any atom is -0.328 e. The van der Waals surface area contributed by atoms with Gasteiger partial charge in [0.2, 0.25) is 0 Å². The molecule has 0 radical (unpaired) electrons. The van der Waals surface area contributed by atoms with Gasteiger partial charge in [0, 0.05) is 12.5 Å². The van der Waals surface area contributed by atoms with E-state index in [4.69, 9.17) is 11.5 Å². The van der Waals surface area contributed by atoms with E-state index in [9.17, 15) is 4.39 Å². The van der Waals surface area contributed by atoms with Crippen molar-refractivity contribution in [3.63, 3.8) is 0 Å². The van der Waals surface area contributed by atoms with Crippen molar-refractivity contribution in [3.05, 3.63) is 46.5 Å². The molecule has 0 bridgehead atoms. The van der Waals surface area contributed by atoms with Crippen LogP contribution in [0.4, 0.5) is 4.39 Å². The number of nitrogens with two attached hydrogens (primary N) is 2. The smallest absolute Gasteiger partial charge is 0.147 e. The Labute approximate surface area is 122 Å². The zero-order valence-electron chi connectivity index (χ0n) is 11.4. The summed E-state index contributed by atoms with van der Waals surface area (Å²) in [6.45, 7) is 2.04. The van der Waals surface area contributed by atoms with E-state index in [1.54, 1.807) is 12.1 Å². The van der Waals surface area contributed by atoms with Crippen LogP contribution in [0.2, 0.25) is 0 Å². The topological polar surface area (TPSA) is 77.8 Å². The van der Waals surface area contributed by atoms with E-state index in [0.29, 0.717) is 12.8 Å². The van der Waals surface area contributed by atoms with E-state index < -0.39 is 0 Å². The van der Waals surface area contributed by atoms with Crippen LogP contribution in [-0.2, 0) is 6.42 Å². The molecule has 0 saturated carbocycles. The third-order valence-electron chi connectivity index (χ3n) is 3.16. The molecule has 0 aliphatic rings. The second kappa shape index (κ2) is 6.88. The number of hydrogen-bond acceptors (Lipinski definition) is 5. The largest absolute Gasteiger partial charge is 0.328 e. The molecule has 0 aliphatic heterocycles. The average molecular weight is 294 g/mol. The number of hydrogen-bond donors (Lipinski definition) is 2. The fourth-order valence-electron chi connectivity index (χ4n) is 1.87. The summed E-state index contributed by atoms with van der Waals surface area (Å²) in [6.07, 6.45) is 2.19. The van der Waals surface area contributed by atoms with Crippen molar-refractivity contribution < 1.29 is 4.39 Å². The first-order chi connectivity index (χ1) is 9.58. The molecule has 4 N–H and O–H groups in total. The zero-order valence-corrected chi connectivity index (χ0v) is 12.2. The van der Waals surface area contributed by atoms with Gasteiger partial charge >= 0.3 is 0 Å². The molecule has 1 unspecified atom stereocenters. The lowest BCUT2D eigenvalue weighted by atomic mass is 10.1. The second-order valence-corrected chi connectivity index (χ2v) is 5.65. The average Bonchev–Trinajstić information content (AvgIpc) is 2.90. The molecule has 0 amide bonds. The molecule has 1 aromatic carbocycles. The van der Waals surface area contributed by atoms with Crippen LogP contribution in [0.15, 0.2) is 24.3 Å². The maximum Gasteiger partial charge on any atom is 0.147 e. The van der Waals surface area contributed by atoms with Crippen molar-refractivity contribution in [1.82, 2.24) is 9.36 Å². The van der Waals surface area contributed by atoms with Gasteiger partial charge in [0.15, 0.2) is 0 Å². The Morgan fingerprint density at radius 3 is 2.60 bits per heavy atom. The van der Waals surface area contributed by atoms with Gasteiger partial charge in [-0.15, -0.1) is 0 Å². The van der Waals surface area contributed by atoms with Crippen molar-refractivity contribution in [2.45, 2.75) is 38.3 Å². The number of nitrogens with zero attached hydrogens (tertiary/aromatic N) is 2. The monoisotopic (exact) mass is 294 g/mol. The lowest BCUT2D eigenvalue weighted by Crippen LogP contribution is -2.25. The fraction of sp³-hybridized carbons (Fsp3) is 0.429. The highest BCUT2D eigenvalue weighted by Crippen LogP contribution is 2.19. The first-order valence-electron chi connectivity index (χ1n) is 6.66. The third-order valence-corrected chi connectivity index (χ3v) is 4.04. The van der Waals surface area contributed by atoms with Crippen molar-refractivity contribution in [2.75, 3.05) is 0 Å². The van der Waals surface area contributed by atoms with E-state index in [2.05, 4.69) is 9.36 Å². The van der Waals surface area contributed by atoms with Gasteiger partial charge in [0.1, 0.15) is 16.6 Å². The van der Waals surface area contributed by atoms with Crippen LogP contribution < -0.4 is 11.5 Å². The fourth-order valence-corrected chi connectivity index (χ4v) is 2.55. The molecule has 0 aliphatic carbocycles. The molecular formula is C14H19FN4S. The van der Waals surface area contributed by atoms with Crippen LogP contribution >= 0.6 is 11.5 Å². The number of aromatic nitrogens is 2. The number of halogens is 1. The van der Waals surface area contributed by atoms with Gasteiger partial charge in [0.05, 0.1) is 6.04 Å². The Morgan fingerprint density at radius 1 is 1.25 bits per heavy atom. The highest BCUT2D eigenvalue weighted by atomic mass is 32.1. The second-order valence-electron chi connectivity index (χ2n) is 4.86. The van der Waals surface area contributed by atoms with Crippen LogP contribution in [0.3, 0.4) is 0 Å². The van der Waals surface area contributed by atoms with E-state index in [-0.39, 0.29) is 17.9 Å². The van der Waals surface area contributed by atoms with Crippen LogP contribution in [-0.4, -0.2) is 15.4 Å². The van der Waals surface area contributed by atoms with E-state index >= 15 is 0 Å². The zero-order chi connectivity index (χ0) is 14.5. The van der Waals surface area contributed by atoms with Crippen molar-refractivity contribution in [2.24, 2.45) is 11.5 Å². The van der Waals surface area contributed by atoms with Gasteiger partial charge in [-0.05, 0) is 42.1 Å². The molecule has 0 saturated heterocycles. The third kappa shape index (κ3) is 4.06. The number of benzene rings is 1. The molecule has 1 heterocycles. The molecule has 2 rings (SSSR count). The maximum absolute atomic E-state index is 12.8. The van der Waals surface area contributed by atoms with Crippen LogP contribution in [0.1, 0.15) is 42.2 Å². The molecule has 1 aromatic heterocycles. The van der Waals surface area contributed by atoms with Gasteiger partial charge in [-0.3, -0.25) is 0 Å². The Hall–Kier alpha value is -1.37. The Balaban J connectivity index is 1.99. The summed E-state index contributed by atoms with van der Waals surface area (Å²) in [5.41, 5.74) is 13.0. The maximum atomic E-state index is 12.8. The Kier molecular flexibility index (Phi) is 5.17. The minimum absolute atomic E-state index is 0.0921. The summed E-state index contributed by atoms with van der Waals surface area (Å²) in [5.74, 6) is 0.480. The summed E-state index contributed by atoms with van der Waals surface area (Å²) >= 11 is 1.32. The number of rotatable bonds is 6. The summed E-state index contributed by atoms with van der Waals surface area (Å²) in [6, 6.07) is 6.29. The molecule has 0 spiro atoms. The summed E-state index contributed by atoms with van der Waals surface area (Å²) in [5, 5.41) is 0.811. The molecule has 108 valence electrons. The summed E-state index contributed by atoms with van der Waals surface area (Å²) in [7, 11) is 0. The van der Waals surface area contributed by atoms with Gasteiger partial charge in [0.25, 0.3) is 0 Å². The highest BCUT2D eigenvalue weighted by Gasteiger charge is 2.15. The van der Waals surface area contributed by atoms with Gasteiger partial charge in [-0.1, -0.05) is 19.1 Å². The van der Waals surface area contributed by atoms with Crippen molar-refractivity contribution in [1.29, 1.82) is 0 Å². The Morgan fingerprint density at radius 2 is 1.95 bits per heavy atom. The standard InChI is InChI=1S/C14H19FN4S/c1-2-11(16)8-12(17)14-18-13(19-20-14)7-9-3-5-10(15)6-4-9/h3-6,11-12H,2,7-8,16-17H2,1H3/t11?,12-/m1/s1. The van der Waals surface area contributed by atoms with Crippen LogP contribution in [0, 0.1) is 5.82 Å². The predicted molar refractivity (Wildman–Crippen MR) is 78.9 cm³/mol. The molecule has 0 fully saturated rings. The van der Waals surface area contributed by atoms with Gasteiger partial charge in [-0.2, -0.15) is 4.37 Å². The van der Waals surface area contributed by atoms with E-state index in [1.165, 1.54) is 23.7 Å². The molecular weight excluding hydrogens is 275 g/mol. The lowest BCUT2D eigenvalue weighted by Gasteiger charge is -2.12. The van der Waals surface area contributed by atoms with Crippen molar-refractivity contribution in [3.8, 4) is 0 Å². The first-order valence-corrected chi connectivity index (χ1v) is 7.44. The normalized spacial score (nSPS) is 14.2. The molecule has 6 heteroatoms. The summed E-state index contributed by atoms with van der Waals surface area (Å²) < 4.78 is 17.1. The summed E-state index contributed by atoms with van der Waals surface area (Å²) in [4.78, 5) is 4.45. The molecule has 4 nitrogen and oxygen atoms in total.